The highest BCUT2D eigenvalue weighted by molar-refractivity contribution is 6.35. The van der Waals surface area contributed by atoms with Gasteiger partial charge in [-0.3, -0.25) is 0 Å². The molecular weight excluding hydrogens is 327 g/mol. The predicted octanol–water partition coefficient (Wildman–Crippen LogP) is 4.32. The van der Waals surface area contributed by atoms with E-state index in [1.165, 1.54) is 13.2 Å². The van der Waals surface area contributed by atoms with E-state index in [1.807, 2.05) is 6.07 Å². The van der Waals surface area contributed by atoms with Gasteiger partial charge in [0, 0.05) is 22.5 Å². The maximum atomic E-state index is 11.2. The first-order valence-corrected chi connectivity index (χ1v) is 7.25. The van der Waals surface area contributed by atoms with Crippen molar-refractivity contribution in [3.05, 3.63) is 57.6 Å². The molecule has 0 unspecified atom stereocenters. The molecule has 0 aromatic heterocycles. The van der Waals surface area contributed by atoms with Gasteiger partial charge in [0.05, 0.1) is 13.7 Å². The van der Waals surface area contributed by atoms with Gasteiger partial charge in [-0.15, -0.1) is 0 Å². The third-order valence-corrected chi connectivity index (χ3v) is 3.65. The van der Waals surface area contributed by atoms with Crippen LogP contribution in [-0.4, -0.2) is 24.8 Å². The minimum atomic E-state index is -1.05. The van der Waals surface area contributed by atoms with E-state index in [2.05, 4.69) is 0 Å². The Morgan fingerprint density at radius 3 is 2.59 bits per heavy atom. The van der Waals surface area contributed by atoms with Crippen molar-refractivity contribution in [2.45, 2.75) is 6.42 Å². The van der Waals surface area contributed by atoms with Crippen molar-refractivity contribution >= 4 is 29.2 Å². The summed E-state index contributed by atoms with van der Waals surface area (Å²) in [4.78, 5) is 11.2. The van der Waals surface area contributed by atoms with E-state index in [4.69, 9.17) is 37.8 Å². The molecule has 2 aromatic rings. The van der Waals surface area contributed by atoms with Crippen molar-refractivity contribution in [1.29, 1.82) is 0 Å². The first-order chi connectivity index (χ1) is 10.5. The average molecular weight is 341 g/mol. The van der Waals surface area contributed by atoms with E-state index in [9.17, 15) is 4.79 Å². The number of rotatable bonds is 6. The van der Waals surface area contributed by atoms with Crippen molar-refractivity contribution in [3.8, 4) is 11.5 Å². The molecule has 0 heterocycles. The Labute approximate surface area is 138 Å². The Balaban J connectivity index is 2.09. The van der Waals surface area contributed by atoms with Crippen LogP contribution < -0.4 is 9.47 Å². The number of benzene rings is 2. The fourth-order valence-electron chi connectivity index (χ4n) is 1.92. The standard InChI is InChI=1S/C16H14Cl2O4/c1-21-12-4-5-13(16(19)20)15(9-12)22-7-6-10-2-3-11(17)8-14(10)18/h2-5,8-9H,6-7H2,1H3,(H,19,20). The number of halogens is 2. The summed E-state index contributed by atoms with van der Waals surface area (Å²) in [5, 5.41) is 10.3. The SMILES string of the molecule is COc1ccc(C(=O)O)c(OCCc2ccc(Cl)cc2Cl)c1. The van der Waals surface area contributed by atoms with Gasteiger partial charge >= 0.3 is 5.97 Å². The van der Waals surface area contributed by atoms with Gasteiger partial charge in [-0.1, -0.05) is 29.3 Å². The molecule has 0 aliphatic carbocycles. The number of methoxy groups -OCH3 is 1. The molecule has 0 saturated heterocycles. The van der Waals surface area contributed by atoms with E-state index in [0.29, 0.717) is 22.2 Å². The summed E-state index contributed by atoms with van der Waals surface area (Å²) in [7, 11) is 1.51. The van der Waals surface area contributed by atoms with Crippen LogP contribution in [0.1, 0.15) is 15.9 Å². The lowest BCUT2D eigenvalue weighted by Crippen LogP contribution is -2.07. The lowest BCUT2D eigenvalue weighted by molar-refractivity contribution is 0.0692. The average Bonchev–Trinajstić information content (AvgIpc) is 2.49. The van der Waals surface area contributed by atoms with E-state index in [-0.39, 0.29) is 17.9 Å². The maximum absolute atomic E-state index is 11.2. The van der Waals surface area contributed by atoms with Crippen molar-refractivity contribution in [1.82, 2.24) is 0 Å². The van der Waals surface area contributed by atoms with Gasteiger partial charge in [0.2, 0.25) is 0 Å². The van der Waals surface area contributed by atoms with Crippen molar-refractivity contribution in [2.24, 2.45) is 0 Å². The quantitative estimate of drug-likeness (QED) is 0.850. The van der Waals surface area contributed by atoms with Crippen molar-refractivity contribution < 1.29 is 19.4 Å². The van der Waals surface area contributed by atoms with E-state index in [0.717, 1.165) is 5.56 Å². The van der Waals surface area contributed by atoms with Crippen LogP contribution in [0.25, 0.3) is 0 Å². The molecule has 2 aromatic carbocycles. The van der Waals surface area contributed by atoms with Crippen LogP contribution in [0.4, 0.5) is 0 Å². The fraction of sp³-hybridized carbons (Fsp3) is 0.188. The van der Waals surface area contributed by atoms with Gasteiger partial charge in [-0.25, -0.2) is 4.79 Å². The number of carbonyl (C=O) groups is 1. The lowest BCUT2D eigenvalue weighted by atomic mass is 10.1. The molecule has 0 aliphatic heterocycles. The van der Waals surface area contributed by atoms with Crippen LogP contribution >= 0.6 is 23.2 Å². The second-order valence-electron chi connectivity index (χ2n) is 4.50. The second-order valence-corrected chi connectivity index (χ2v) is 5.35. The third-order valence-electron chi connectivity index (χ3n) is 3.06. The van der Waals surface area contributed by atoms with Crippen molar-refractivity contribution in [2.75, 3.05) is 13.7 Å². The van der Waals surface area contributed by atoms with Gasteiger partial charge < -0.3 is 14.6 Å². The zero-order valence-corrected chi connectivity index (χ0v) is 13.3. The van der Waals surface area contributed by atoms with Gasteiger partial charge in [0.1, 0.15) is 17.1 Å². The smallest absolute Gasteiger partial charge is 0.339 e. The molecule has 0 spiro atoms. The largest absolute Gasteiger partial charge is 0.497 e. The highest BCUT2D eigenvalue weighted by Gasteiger charge is 2.13. The Kier molecular flexibility index (Phi) is 5.52. The van der Waals surface area contributed by atoms with Gasteiger partial charge in [0.15, 0.2) is 0 Å². The van der Waals surface area contributed by atoms with Crippen molar-refractivity contribution in [3.63, 3.8) is 0 Å². The van der Waals surface area contributed by atoms with Gasteiger partial charge in [0.25, 0.3) is 0 Å². The zero-order chi connectivity index (χ0) is 16.1. The Morgan fingerprint density at radius 2 is 1.95 bits per heavy atom. The highest BCUT2D eigenvalue weighted by Crippen LogP contribution is 2.26. The number of carboxylic acid groups (broad SMARTS) is 1. The second kappa shape index (κ2) is 7.38. The minimum absolute atomic E-state index is 0.0861. The molecule has 0 aliphatic rings. The number of carboxylic acids is 1. The number of hydrogen-bond acceptors (Lipinski definition) is 3. The minimum Gasteiger partial charge on any atom is -0.497 e. The maximum Gasteiger partial charge on any atom is 0.339 e. The van der Waals surface area contributed by atoms with Crippen LogP contribution in [-0.2, 0) is 6.42 Å². The molecule has 0 saturated carbocycles. The topological polar surface area (TPSA) is 55.8 Å². The summed E-state index contributed by atoms with van der Waals surface area (Å²) >= 11 is 11.9. The summed E-state index contributed by atoms with van der Waals surface area (Å²) in [6.45, 7) is 0.287. The summed E-state index contributed by atoms with van der Waals surface area (Å²) in [5.74, 6) is -0.261. The normalized spacial score (nSPS) is 10.3. The predicted molar refractivity (Wildman–Crippen MR) is 85.6 cm³/mol. The zero-order valence-electron chi connectivity index (χ0n) is 11.8. The fourth-order valence-corrected chi connectivity index (χ4v) is 2.42. The molecule has 0 radical (unpaired) electrons. The highest BCUT2D eigenvalue weighted by atomic mass is 35.5. The molecule has 0 atom stereocenters. The van der Waals surface area contributed by atoms with E-state index in [1.54, 1.807) is 24.3 Å². The van der Waals surface area contributed by atoms with Crippen LogP contribution in [0.5, 0.6) is 11.5 Å². The number of aromatic carboxylic acids is 1. The first-order valence-electron chi connectivity index (χ1n) is 6.49. The monoisotopic (exact) mass is 340 g/mol. The molecule has 0 amide bonds. The molecule has 6 heteroatoms. The summed E-state index contributed by atoms with van der Waals surface area (Å²) in [5.41, 5.74) is 0.967. The third kappa shape index (κ3) is 4.06. The summed E-state index contributed by atoms with van der Waals surface area (Å²) in [6.07, 6.45) is 0.534. The van der Waals surface area contributed by atoms with E-state index < -0.39 is 5.97 Å². The Morgan fingerprint density at radius 1 is 1.18 bits per heavy atom. The molecule has 2 rings (SSSR count). The summed E-state index contributed by atoms with van der Waals surface area (Å²) in [6, 6.07) is 9.80. The Hall–Kier alpha value is -1.91. The van der Waals surface area contributed by atoms with E-state index >= 15 is 0 Å². The molecule has 116 valence electrons. The van der Waals surface area contributed by atoms with Crippen LogP contribution in [0.15, 0.2) is 36.4 Å². The first kappa shape index (κ1) is 16.5. The van der Waals surface area contributed by atoms with Crippen LogP contribution in [0.3, 0.4) is 0 Å². The van der Waals surface area contributed by atoms with Crippen LogP contribution in [0, 0.1) is 0 Å². The van der Waals surface area contributed by atoms with Gasteiger partial charge in [-0.05, 0) is 29.8 Å². The number of hydrogen-bond donors (Lipinski definition) is 1. The Bertz CT molecular complexity index is 686. The van der Waals surface area contributed by atoms with Crippen LogP contribution in [0.2, 0.25) is 10.0 Å². The van der Waals surface area contributed by atoms with Gasteiger partial charge in [-0.2, -0.15) is 0 Å². The molecule has 0 fully saturated rings. The molecule has 22 heavy (non-hydrogen) atoms. The summed E-state index contributed by atoms with van der Waals surface area (Å²) < 4.78 is 10.7. The molecular formula is C16H14Cl2O4. The molecule has 0 bridgehead atoms. The number of ether oxygens (including phenoxy) is 2. The lowest BCUT2D eigenvalue weighted by Gasteiger charge is -2.11. The molecule has 4 nitrogen and oxygen atoms in total. The molecule has 1 N–H and O–H groups in total.